The first-order valence-corrected chi connectivity index (χ1v) is 3.99. The maximum atomic E-state index is 6.96. The van der Waals surface area contributed by atoms with Gasteiger partial charge in [-0.15, -0.1) is 0 Å². The number of nitrogens with one attached hydrogen (secondary N) is 1. The minimum Gasteiger partial charge on any atom is -0.497 e. The van der Waals surface area contributed by atoms with E-state index in [1.807, 2.05) is 18.2 Å². The standard InChI is InChI=1S/C10H11N3O/c1-12-7-10(13-11)8-4-3-5-9(6-8)14-2/h3-7,11H,1H2,2H3/b10-7-,13-11?. The van der Waals surface area contributed by atoms with Gasteiger partial charge in [-0.05, 0) is 18.9 Å². The van der Waals surface area contributed by atoms with E-state index >= 15 is 0 Å². The highest BCUT2D eigenvalue weighted by atomic mass is 16.5. The zero-order valence-corrected chi connectivity index (χ0v) is 7.90. The molecule has 4 heteroatoms. The van der Waals surface area contributed by atoms with Crippen LogP contribution in [0.15, 0.2) is 40.6 Å². The van der Waals surface area contributed by atoms with Gasteiger partial charge in [-0.3, -0.25) is 4.99 Å². The van der Waals surface area contributed by atoms with Crippen LogP contribution >= 0.6 is 0 Å². The molecular formula is C10H11N3O. The second-order valence-electron chi connectivity index (χ2n) is 2.54. The highest BCUT2D eigenvalue weighted by molar-refractivity contribution is 5.65. The lowest BCUT2D eigenvalue weighted by atomic mass is 10.1. The van der Waals surface area contributed by atoms with E-state index in [2.05, 4.69) is 16.8 Å². The number of benzene rings is 1. The molecule has 0 bridgehead atoms. The fraction of sp³-hybridized carbons (Fsp3) is 0.100. The number of hydrogen-bond acceptors (Lipinski definition) is 4. The third-order valence-corrected chi connectivity index (χ3v) is 1.70. The molecule has 0 aliphatic heterocycles. The van der Waals surface area contributed by atoms with Gasteiger partial charge in [-0.1, -0.05) is 12.1 Å². The van der Waals surface area contributed by atoms with Crippen LogP contribution in [0.4, 0.5) is 0 Å². The van der Waals surface area contributed by atoms with Crippen LogP contribution in [0.25, 0.3) is 5.70 Å². The molecule has 0 unspecified atom stereocenters. The Bertz CT molecular complexity index is 371. The fourth-order valence-electron chi connectivity index (χ4n) is 1.04. The van der Waals surface area contributed by atoms with Gasteiger partial charge in [0.25, 0.3) is 0 Å². The topological polar surface area (TPSA) is 57.8 Å². The van der Waals surface area contributed by atoms with Crippen LogP contribution < -0.4 is 4.74 Å². The lowest BCUT2D eigenvalue weighted by molar-refractivity contribution is 0.414. The minimum atomic E-state index is 0.457. The van der Waals surface area contributed by atoms with Crippen molar-refractivity contribution in [1.82, 2.24) is 0 Å². The fourth-order valence-corrected chi connectivity index (χ4v) is 1.04. The van der Waals surface area contributed by atoms with Crippen LogP contribution in [0.3, 0.4) is 0 Å². The van der Waals surface area contributed by atoms with Crippen molar-refractivity contribution in [2.45, 2.75) is 0 Å². The molecule has 0 saturated heterocycles. The Kier molecular flexibility index (Phi) is 3.55. The van der Waals surface area contributed by atoms with E-state index in [1.54, 1.807) is 13.2 Å². The van der Waals surface area contributed by atoms with Gasteiger partial charge in [0.1, 0.15) is 11.4 Å². The molecule has 1 N–H and O–H groups in total. The van der Waals surface area contributed by atoms with Gasteiger partial charge in [0, 0.05) is 5.56 Å². The summed E-state index contributed by atoms with van der Waals surface area (Å²) in [5.74, 6) is 0.723. The summed E-state index contributed by atoms with van der Waals surface area (Å²) in [6.45, 7) is 3.32. The van der Waals surface area contributed by atoms with Crippen molar-refractivity contribution in [2.75, 3.05) is 7.11 Å². The van der Waals surface area contributed by atoms with Crippen molar-refractivity contribution in [3.63, 3.8) is 0 Å². The number of methoxy groups -OCH3 is 1. The van der Waals surface area contributed by atoms with Crippen LogP contribution in [-0.4, -0.2) is 13.8 Å². The first kappa shape index (κ1) is 10.1. The van der Waals surface area contributed by atoms with Crippen molar-refractivity contribution in [1.29, 1.82) is 5.53 Å². The second kappa shape index (κ2) is 4.91. The minimum absolute atomic E-state index is 0.457. The SMILES string of the molecule is C=N/C=C(\N=N)c1cccc(OC)c1. The summed E-state index contributed by atoms with van der Waals surface area (Å²) >= 11 is 0. The largest absolute Gasteiger partial charge is 0.497 e. The molecule has 4 nitrogen and oxygen atoms in total. The molecule has 0 saturated carbocycles. The molecule has 0 spiro atoms. The maximum Gasteiger partial charge on any atom is 0.119 e. The van der Waals surface area contributed by atoms with Gasteiger partial charge in [-0.2, -0.15) is 5.11 Å². The summed E-state index contributed by atoms with van der Waals surface area (Å²) in [6.07, 6.45) is 1.43. The summed E-state index contributed by atoms with van der Waals surface area (Å²) in [5.41, 5.74) is 8.20. The van der Waals surface area contributed by atoms with Crippen LogP contribution in [0, 0.1) is 5.53 Å². The lowest BCUT2D eigenvalue weighted by Crippen LogP contribution is -1.85. The van der Waals surface area contributed by atoms with Crippen LogP contribution in [-0.2, 0) is 0 Å². The molecule has 0 aliphatic carbocycles. The van der Waals surface area contributed by atoms with Gasteiger partial charge < -0.3 is 4.74 Å². The summed E-state index contributed by atoms with van der Waals surface area (Å²) < 4.78 is 5.05. The van der Waals surface area contributed by atoms with E-state index in [0.717, 1.165) is 11.3 Å². The molecule has 1 aromatic rings. The third kappa shape index (κ3) is 2.26. The Hall–Kier alpha value is -1.97. The Labute approximate surface area is 82.4 Å². The van der Waals surface area contributed by atoms with E-state index in [9.17, 15) is 0 Å². The maximum absolute atomic E-state index is 6.96. The number of rotatable bonds is 4. The highest BCUT2D eigenvalue weighted by Crippen LogP contribution is 2.20. The quantitative estimate of drug-likeness (QED) is 0.574. The van der Waals surface area contributed by atoms with Crippen molar-refractivity contribution in [3.05, 3.63) is 36.0 Å². The molecule has 0 heterocycles. The molecule has 0 aliphatic rings. The van der Waals surface area contributed by atoms with E-state index < -0.39 is 0 Å². The molecule has 0 atom stereocenters. The van der Waals surface area contributed by atoms with Gasteiger partial charge >= 0.3 is 0 Å². The Morgan fingerprint density at radius 1 is 1.57 bits per heavy atom. The molecule has 1 rings (SSSR count). The zero-order chi connectivity index (χ0) is 10.4. The van der Waals surface area contributed by atoms with Crippen molar-refractivity contribution in [3.8, 4) is 5.75 Å². The first-order valence-electron chi connectivity index (χ1n) is 3.99. The van der Waals surface area contributed by atoms with Crippen molar-refractivity contribution >= 4 is 12.4 Å². The first-order chi connectivity index (χ1) is 6.81. The second-order valence-corrected chi connectivity index (χ2v) is 2.54. The molecule has 0 amide bonds. The van der Waals surface area contributed by atoms with E-state index in [-0.39, 0.29) is 0 Å². The predicted molar refractivity (Wildman–Crippen MR) is 55.7 cm³/mol. The zero-order valence-electron chi connectivity index (χ0n) is 7.90. The van der Waals surface area contributed by atoms with Gasteiger partial charge in [0.05, 0.1) is 13.3 Å². The van der Waals surface area contributed by atoms with Gasteiger partial charge in [0.2, 0.25) is 0 Å². The van der Waals surface area contributed by atoms with Crippen molar-refractivity contribution < 1.29 is 4.74 Å². The lowest BCUT2D eigenvalue weighted by Gasteiger charge is -2.02. The Balaban J connectivity index is 3.10. The number of nitrogens with zero attached hydrogens (tertiary/aromatic N) is 2. The Morgan fingerprint density at radius 3 is 2.93 bits per heavy atom. The monoisotopic (exact) mass is 189 g/mol. The highest BCUT2D eigenvalue weighted by Gasteiger charge is 2.00. The smallest absolute Gasteiger partial charge is 0.119 e. The number of ether oxygens (including phenoxy) is 1. The Morgan fingerprint density at radius 2 is 2.36 bits per heavy atom. The summed E-state index contributed by atoms with van der Waals surface area (Å²) in [7, 11) is 1.59. The van der Waals surface area contributed by atoms with Gasteiger partial charge in [-0.25, -0.2) is 5.53 Å². The summed E-state index contributed by atoms with van der Waals surface area (Å²) in [5, 5.41) is 3.35. The molecule has 0 radical (unpaired) electrons. The third-order valence-electron chi connectivity index (χ3n) is 1.70. The van der Waals surface area contributed by atoms with Crippen LogP contribution in [0.2, 0.25) is 0 Å². The predicted octanol–water partition coefficient (Wildman–Crippen LogP) is 2.73. The number of aliphatic imine (C=N–C) groups is 1. The average Bonchev–Trinajstić information content (AvgIpc) is 2.26. The summed E-state index contributed by atoms with van der Waals surface area (Å²) in [6, 6.07) is 7.27. The van der Waals surface area contributed by atoms with Crippen LogP contribution in [0.5, 0.6) is 5.75 Å². The molecule has 72 valence electrons. The van der Waals surface area contributed by atoms with E-state index in [4.69, 9.17) is 10.3 Å². The molecule has 0 aromatic heterocycles. The average molecular weight is 189 g/mol. The molecule has 1 aromatic carbocycles. The normalized spacial score (nSPS) is 10.8. The van der Waals surface area contributed by atoms with E-state index in [0.29, 0.717) is 5.70 Å². The number of hydrogen-bond donors (Lipinski definition) is 1. The van der Waals surface area contributed by atoms with Crippen LogP contribution in [0.1, 0.15) is 5.56 Å². The molecule has 14 heavy (non-hydrogen) atoms. The molecular weight excluding hydrogens is 178 g/mol. The molecule has 0 fully saturated rings. The van der Waals surface area contributed by atoms with E-state index in [1.165, 1.54) is 6.20 Å². The summed E-state index contributed by atoms with van der Waals surface area (Å²) in [4.78, 5) is 3.57. The van der Waals surface area contributed by atoms with Crippen molar-refractivity contribution in [2.24, 2.45) is 10.1 Å². The van der Waals surface area contributed by atoms with Gasteiger partial charge in [0.15, 0.2) is 0 Å².